The molecular formula is C9H9F3O2. The summed E-state index contributed by atoms with van der Waals surface area (Å²) in [6.45, 7) is -1.09. The average molecular weight is 206 g/mol. The van der Waals surface area contributed by atoms with Gasteiger partial charge in [-0.15, -0.1) is 0 Å². The predicted octanol–water partition coefficient (Wildman–Crippen LogP) is 1.74. The van der Waals surface area contributed by atoms with E-state index >= 15 is 0 Å². The first-order valence-corrected chi connectivity index (χ1v) is 3.86. The third kappa shape index (κ3) is 1.88. The topological polar surface area (TPSA) is 29.5 Å². The summed E-state index contributed by atoms with van der Waals surface area (Å²) in [5, 5.41) is 8.58. The van der Waals surface area contributed by atoms with Crippen molar-refractivity contribution in [2.75, 3.05) is 7.11 Å². The van der Waals surface area contributed by atoms with Crippen LogP contribution in [0.3, 0.4) is 0 Å². The molecule has 78 valence electrons. The molecule has 0 aliphatic rings. The van der Waals surface area contributed by atoms with Gasteiger partial charge in [0, 0.05) is 12.7 Å². The molecule has 0 aliphatic heterocycles. The number of hydrogen-bond acceptors (Lipinski definition) is 2. The lowest BCUT2D eigenvalue weighted by atomic mass is 10.1. The second kappa shape index (κ2) is 4.43. The molecule has 1 rings (SSSR count). The zero-order chi connectivity index (χ0) is 10.7. The van der Waals surface area contributed by atoms with E-state index in [-0.39, 0.29) is 6.61 Å². The van der Waals surface area contributed by atoms with Crippen molar-refractivity contribution in [3.8, 4) is 0 Å². The molecule has 5 heteroatoms. The maximum absolute atomic E-state index is 13.1. The molecule has 14 heavy (non-hydrogen) atoms. The normalized spacial score (nSPS) is 10.6. The van der Waals surface area contributed by atoms with E-state index in [2.05, 4.69) is 4.74 Å². The van der Waals surface area contributed by atoms with Gasteiger partial charge in [-0.05, 0) is 6.07 Å². The van der Waals surface area contributed by atoms with Gasteiger partial charge < -0.3 is 9.84 Å². The second-order valence-electron chi connectivity index (χ2n) is 2.72. The monoisotopic (exact) mass is 206 g/mol. The van der Waals surface area contributed by atoms with Crippen LogP contribution in [0, 0.1) is 17.5 Å². The predicted molar refractivity (Wildman–Crippen MR) is 43.0 cm³/mol. The minimum Gasteiger partial charge on any atom is -0.392 e. The highest BCUT2D eigenvalue weighted by Crippen LogP contribution is 2.20. The Balaban J connectivity index is 3.26. The number of rotatable bonds is 3. The van der Waals surface area contributed by atoms with Crippen molar-refractivity contribution in [1.82, 2.24) is 0 Å². The van der Waals surface area contributed by atoms with Gasteiger partial charge in [0.1, 0.15) is 5.82 Å². The highest BCUT2D eigenvalue weighted by molar-refractivity contribution is 5.27. The fourth-order valence-corrected chi connectivity index (χ4v) is 1.07. The Bertz CT molecular complexity index is 339. The minimum atomic E-state index is -1.31. The van der Waals surface area contributed by atoms with Crippen LogP contribution in [0.15, 0.2) is 6.07 Å². The summed E-state index contributed by atoms with van der Waals surface area (Å²) in [4.78, 5) is 0. The van der Waals surface area contributed by atoms with Crippen molar-refractivity contribution in [3.05, 3.63) is 34.6 Å². The molecule has 0 saturated heterocycles. The van der Waals surface area contributed by atoms with Gasteiger partial charge in [-0.3, -0.25) is 0 Å². The third-order valence-corrected chi connectivity index (χ3v) is 1.79. The molecule has 0 unspecified atom stereocenters. The number of hydrogen-bond donors (Lipinski definition) is 1. The molecule has 0 bridgehead atoms. The van der Waals surface area contributed by atoms with Gasteiger partial charge in [0.2, 0.25) is 0 Å². The summed E-state index contributed by atoms with van der Waals surface area (Å²) in [6, 6.07) is 0.757. The highest BCUT2D eigenvalue weighted by Gasteiger charge is 2.17. The van der Waals surface area contributed by atoms with E-state index in [4.69, 9.17) is 5.11 Å². The van der Waals surface area contributed by atoms with Gasteiger partial charge in [-0.1, -0.05) is 0 Å². The van der Waals surface area contributed by atoms with Crippen LogP contribution in [0.25, 0.3) is 0 Å². The molecule has 0 saturated carbocycles. The van der Waals surface area contributed by atoms with Crippen LogP contribution in [0.4, 0.5) is 13.2 Å². The fourth-order valence-electron chi connectivity index (χ4n) is 1.07. The van der Waals surface area contributed by atoms with Crippen molar-refractivity contribution in [2.45, 2.75) is 13.2 Å². The first-order valence-electron chi connectivity index (χ1n) is 3.86. The SMILES string of the molecule is COCc1c(F)cc(CO)c(F)c1F. The van der Waals surface area contributed by atoms with Crippen LogP contribution in [0.1, 0.15) is 11.1 Å². The lowest BCUT2D eigenvalue weighted by molar-refractivity contribution is 0.176. The fraction of sp³-hybridized carbons (Fsp3) is 0.333. The number of methoxy groups -OCH3 is 1. The Labute approximate surface area is 78.9 Å². The number of halogens is 3. The summed E-state index contributed by atoms with van der Waals surface area (Å²) in [5.74, 6) is -3.47. The summed E-state index contributed by atoms with van der Waals surface area (Å²) >= 11 is 0. The Morgan fingerprint density at radius 3 is 2.43 bits per heavy atom. The Morgan fingerprint density at radius 2 is 1.93 bits per heavy atom. The molecule has 0 amide bonds. The molecule has 0 fully saturated rings. The molecule has 1 aromatic carbocycles. The number of aliphatic hydroxyl groups excluding tert-OH is 1. The van der Waals surface area contributed by atoms with E-state index in [1.807, 2.05) is 0 Å². The van der Waals surface area contributed by atoms with Crippen LogP contribution in [-0.2, 0) is 18.0 Å². The largest absolute Gasteiger partial charge is 0.392 e. The van der Waals surface area contributed by atoms with Gasteiger partial charge in [0.15, 0.2) is 11.6 Å². The smallest absolute Gasteiger partial charge is 0.167 e. The first-order chi connectivity index (χ1) is 6.61. The van der Waals surface area contributed by atoms with E-state index in [1.165, 1.54) is 7.11 Å². The molecule has 1 N–H and O–H groups in total. The molecule has 0 atom stereocenters. The number of ether oxygens (including phenoxy) is 1. The summed E-state index contributed by atoms with van der Waals surface area (Å²) in [6.07, 6.45) is 0. The van der Waals surface area contributed by atoms with Crippen molar-refractivity contribution in [1.29, 1.82) is 0 Å². The number of aliphatic hydroxyl groups is 1. The van der Waals surface area contributed by atoms with Crippen LogP contribution < -0.4 is 0 Å². The molecule has 1 aromatic rings. The summed E-state index contributed by atoms with van der Waals surface area (Å²) < 4.78 is 43.7. The second-order valence-corrected chi connectivity index (χ2v) is 2.72. The molecular weight excluding hydrogens is 197 g/mol. The zero-order valence-electron chi connectivity index (χ0n) is 7.48. The molecule has 0 heterocycles. The lowest BCUT2D eigenvalue weighted by Gasteiger charge is -2.07. The van der Waals surface area contributed by atoms with Crippen molar-refractivity contribution < 1.29 is 23.0 Å². The first kappa shape index (κ1) is 11.0. The van der Waals surface area contributed by atoms with Gasteiger partial charge >= 0.3 is 0 Å². The third-order valence-electron chi connectivity index (χ3n) is 1.79. The maximum atomic E-state index is 13.1. The lowest BCUT2D eigenvalue weighted by Crippen LogP contribution is -2.04. The van der Waals surface area contributed by atoms with Gasteiger partial charge in [-0.25, -0.2) is 13.2 Å². The van der Waals surface area contributed by atoms with Gasteiger partial charge in [0.05, 0.1) is 18.8 Å². The zero-order valence-corrected chi connectivity index (χ0v) is 7.48. The van der Waals surface area contributed by atoms with E-state index in [0.717, 1.165) is 6.07 Å². The van der Waals surface area contributed by atoms with Gasteiger partial charge in [-0.2, -0.15) is 0 Å². The minimum absolute atomic E-state index is 0.347. The standard InChI is InChI=1S/C9H9F3O2/c1-14-4-6-7(10)2-5(3-13)8(11)9(6)12/h2,13H,3-4H2,1H3. The van der Waals surface area contributed by atoms with Crippen LogP contribution in [-0.4, -0.2) is 12.2 Å². The maximum Gasteiger partial charge on any atom is 0.167 e. The van der Waals surface area contributed by atoms with E-state index in [1.54, 1.807) is 0 Å². The van der Waals surface area contributed by atoms with Crippen molar-refractivity contribution >= 4 is 0 Å². The van der Waals surface area contributed by atoms with Crippen molar-refractivity contribution in [2.24, 2.45) is 0 Å². The average Bonchev–Trinajstić information content (AvgIpc) is 2.18. The molecule has 0 aliphatic carbocycles. The molecule has 2 nitrogen and oxygen atoms in total. The quantitative estimate of drug-likeness (QED) is 0.763. The Morgan fingerprint density at radius 1 is 1.29 bits per heavy atom. The Hall–Kier alpha value is -1.07. The van der Waals surface area contributed by atoms with Crippen LogP contribution >= 0.6 is 0 Å². The van der Waals surface area contributed by atoms with E-state index < -0.39 is 35.2 Å². The summed E-state index contributed by atoms with van der Waals surface area (Å²) in [5.41, 5.74) is -0.873. The Kier molecular flexibility index (Phi) is 3.49. The highest BCUT2D eigenvalue weighted by atomic mass is 19.2. The van der Waals surface area contributed by atoms with E-state index in [0.29, 0.717) is 0 Å². The van der Waals surface area contributed by atoms with Crippen LogP contribution in [0.5, 0.6) is 0 Å². The summed E-state index contributed by atoms with van der Waals surface area (Å²) in [7, 11) is 1.25. The molecule has 0 aromatic heterocycles. The molecule has 0 spiro atoms. The van der Waals surface area contributed by atoms with Crippen molar-refractivity contribution in [3.63, 3.8) is 0 Å². The van der Waals surface area contributed by atoms with E-state index in [9.17, 15) is 13.2 Å². The molecule has 0 radical (unpaired) electrons. The number of benzene rings is 1. The van der Waals surface area contributed by atoms with Crippen LogP contribution in [0.2, 0.25) is 0 Å². The van der Waals surface area contributed by atoms with Gasteiger partial charge in [0.25, 0.3) is 0 Å².